The highest BCUT2D eigenvalue weighted by Gasteiger charge is 2.12. The van der Waals surface area contributed by atoms with Crippen molar-refractivity contribution in [2.24, 2.45) is 0 Å². The molecule has 1 N–H and O–H groups in total. The van der Waals surface area contributed by atoms with Crippen LogP contribution in [-0.4, -0.2) is 29.1 Å². The van der Waals surface area contributed by atoms with Crippen molar-refractivity contribution in [3.05, 3.63) is 36.4 Å². The van der Waals surface area contributed by atoms with Crippen LogP contribution in [0, 0.1) is 0 Å². The van der Waals surface area contributed by atoms with Gasteiger partial charge in [0.1, 0.15) is 0 Å². The van der Waals surface area contributed by atoms with E-state index < -0.39 is 16.4 Å². The number of rotatable bonds is 5. The molecule has 0 unspecified atom stereocenters. The Morgan fingerprint density at radius 2 is 2.19 bits per heavy atom. The van der Waals surface area contributed by atoms with E-state index in [4.69, 9.17) is 0 Å². The summed E-state index contributed by atoms with van der Waals surface area (Å²) in [6, 6.07) is 1.13. The Labute approximate surface area is 120 Å². The summed E-state index contributed by atoms with van der Waals surface area (Å²) in [5.41, 5.74) is 0.478. The molecular formula is C11H11FN4O4S. The molecule has 0 aliphatic carbocycles. The Morgan fingerprint density at radius 3 is 2.81 bits per heavy atom. The van der Waals surface area contributed by atoms with Crippen LogP contribution in [0.3, 0.4) is 0 Å². The van der Waals surface area contributed by atoms with Crippen LogP contribution in [-0.2, 0) is 17.0 Å². The number of aromatic nitrogens is 3. The largest absolute Gasteiger partial charge is 0.488 e. The van der Waals surface area contributed by atoms with Crippen molar-refractivity contribution in [1.82, 2.24) is 14.8 Å². The number of anilines is 1. The summed E-state index contributed by atoms with van der Waals surface area (Å²) in [6.07, 6.45) is 5.20. The van der Waals surface area contributed by atoms with Crippen molar-refractivity contribution in [1.29, 1.82) is 0 Å². The van der Waals surface area contributed by atoms with Gasteiger partial charge < -0.3 is 9.50 Å². The van der Waals surface area contributed by atoms with Gasteiger partial charge in [-0.1, -0.05) is 3.89 Å². The van der Waals surface area contributed by atoms with E-state index in [1.807, 2.05) is 6.92 Å². The van der Waals surface area contributed by atoms with Gasteiger partial charge in [-0.15, -0.1) is 0 Å². The summed E-state index contributed by atoms with van der Waals surface area (Å²) in [5, 5.41) is 6.42. The van der Waals surface area contributed by atoms with Gasteiger partial charge in [-0.05, 0) is 6.92 Å². The highest BCUT2D eigenvalue weighted by Crippen LogP contribution is 2.18. The Bertz CT molecular complexity index is 759. The lowest BCUT2D eigenvalue weighted by atomic mass is 10.3. The molecule has 8 nitrogen and oxygen atoms in total. The first-order valence-electron chi connectivity index (χ1n) is 5.80. The molecule has 2 heterocycles. The first-order chi connectivity index (χ1) is 9.87. The van der Waals surface area contributed by atoms with Gasteiger partial charge in [0.25, 0.3) is 5.91 Å². The van der Waals surface area contributed by atoms with Gasteiger partial charge in [-0.2, -0.15) is 13.5 Å². The van der Waals surface area contributed by atoms with Gasteiger partial charge in [0.05, 0.1) is 29.8 Å². The highest BCUT2D eigenvalue weighted by molar-refractivity contribution is 7.81. The Morgan fingerprint density at radius 1 is 1.43 bits per heavy atom. The number of nitrogens with zero attached hydrogens (tertiary/aromatic N) is 3. The third-order valence-corrected chi connectivity index (χ3v) is 2.78. The second-order valence-corrected chi connectivity index (χ2v) is 4.88. The molecule has 21 heavy (non-hydrogen) atoms. The lowest BCUT2D eigenvalue weighted by Gasteiger charge is -2.05. The Kier molecular flexibility index (Phi) is 4.17. The quantitative estimate of drug-likeness (QED) is 0.830. The molecule has 0 aromatic carbocycles. The summed E-state index contributed by atoms with van der Waals surface area (Å²) in [6.45, 7) is 2.49. The summed E-state index contributed by atoms with van der Waals surface area (Å²) < 4.78 is 38.8. The summed E-state index contributed by atoms with van der Waals surface area (Å²) in [4.78, 5) is 15.6. The maximum atomic E-state index is 12.4. The van der Waals surface area contributed by atoms with Gasteiger partial charge in [0.2, 0.25) is 0 Å². The third-order valence-electron chi connectivity index (χ3n) is 2.39. The molecule has 2 rings (SSSR count). The minimum atomic E-state index is -5.14. The van der Waals surface area contributed by atoms with Crippen molar-refractivity contribution < 1.29 is 21.3 Å². The van der Waals surface area contributed by atoms with Crippen molar-refractivity contribution in [3.8, 4) is 5.75 Å². The molecule has 0 aliphatic rings. The molecule has 0 atom stereocenters. The van der Waals surface area contributed by atoms with Gasteiger partial charge in [0, 0.05) is 18.8 Å². The van der Waals surface area contributed by atoms with Gasteiger partial charge >= 0.3 is 10.5 Å². The molecule has 0 aliphatic heterocycles. The van der Waals surface area contributed by atoms with Crippen LogP contribution in [0.25, 0.3) is 0 Å². The number of hydrogen-bond acceptors (Lipinski definition) is 6. The van der Waals surface area contributed by atoms with E-state index in [0.29, 0.717) is 12.1 Å². The zero-order chi connectivity index (χ0) is 15.5. The maximum absolute atomic E-state index is 12.4. The lowest BCUT2D eigenvalue weighted by Crippen LogP contribution is -2.11. The number of halogens is 1. The second-order valence-electron chi connectivity index (χ2n) is 3.92. The monoisotopic (exact) mass is 314 g/mol. The smallest absolute Gasteiger partial charge is 0.357 e. The number of carbonyl (C=O) groups is 1. The van der Waals surface area contributed by atoms with E-state index in [0.717, 1.165) is 12.3 Å². The van der Waals surface area contributed by atoms with Gasteiger partial charge in [-0.3, -0.25) is 14.5 Å². The SMILES string of the molecule is CCn1cc(C(=O)Nc2cncc(OS(=O)(=O)F)c2)cn1. The standard InChI is InChI=1S/C11H11FN4O4S/c1-2-16-7-8(4-14-16)11(17)15-9-3-10(6-13-5-9)20-21(12,18)19/h3-7H,2H2,1H3,(H,15,17). The number of carbonyl (C=O) groups excluding carboxylic acids is 1. The molecule has 112 valence electrons. The van der Waals surface area contributed by atoms with Crippen LogP contribution >= 0.6 is 0 Å². The van der Waals surface area contributed by atoms with Crippen LogP contribution < -0.4 is 9.50 Å². The van der Waals surface area contributed by atoms with Crippen LogP contribution in [0.15, 0.2) is 30.9 Å². The summed E-state index contributed by atoms with van der Waals surface area (Å²) >= 11 is 0. The average molecular weight is 314 g/mol. The number of aryl methyl sites for hydroxylation is 1. The van der Waals surface area contributed by atoms with Gasteiger partial charge in [-0.25, -0.2) is 0 Å². The molecular weight excluding hydrogens is 303 g/mol. The summed E-state index contributed by atoms with van der Waals surface area (Å²) in [5.74, 6) is -0.809. The van der Waals surface area contributed by atoms with Crippen molar-refractivity contribution in [2.75, 3.05) is 5.32 Å². The molecule has 1 amide bonds. The van der Waals surface area contributed by atoms with E-state index >= 15 is 0 Å². The van der Waals surface area contributed by atoms with E-state index in [1.54, 1.807) is 10.9 Å². The second kappa shape index (κ2) is 5.87. The summed E-state index contributed by atoms with van der Waals surface area (Å²) in [7, 11) is -5.14. The molecule has 2 aromatic heterocycles. The van der Waals surface area contributed by atoms with E-state index in [-0.39, 0.29) is 11.4 Å². The first-order valence-corrected chi connectivity index (χ1v) is 7.11. The zero-order valence-electron chi connectivity index (χ0n) is 10.9. The van der Waals surface area contributed by atoms with E-state index in [2.05, 4.69) is 19.6 Å². The van der Waals surface area contributed by atoms with Crippen LogP contribution in [0.1, 0.15) is 17.3 Å². The number of amides is 1. The molecule has 0 bridgehead atoms. The Hall–Kier alpha value is -2.49. The van der Waals surface area contributed by atoms with Crippen molar-refractivity contribution >= 4 is 22.1 Å². The maximum Gasteiger partial charge on any atom is 0.488 e. The lowest BCUT2D eigenvalue weighted by molar-refractivity contribution is 0.102. The Balaban J connectivity index is 2.12. The topological polar surface area (TPSA) is 103 Å². The van der Waals surface area contributed by atoms with Crippen molar-refractivity contribution in [2.45, 2.75) is 13.5 Å². The first kappa shape index (κ1) is 14.9. The average Bonchev–Trinajstić information content (AvgIpc) is 2.85. The molecule has 0 fully saturated rings. The predicted octanol–water partition coefficient (Wildman–Crippen LogP) is 1.14. The van der Waals surface area contributed by atoms with Gasteiger partial charge in [0.15, 0.2) is 5.75 Å². The van der Waals surface area contributed by atoms with Crippen LogP contribution in [0.4, 0.5) is 9.57 Å². The number of hydrogen-bond donors (Lipinski definition) is 1. The fraction of sp³-hybridized carbons (Fsp3) is 0.182. The normalized spacial score (nSPS) is 11.1. The molecule has 0 saturated heterocycles. The fourth-order valence-corrected chi connectivity index (χ4v) is 1.83. The molecule has 0 radical (unpaired) electrons. The van der Waals surface area contributed by atoms with E-state index in [9.17, 15) is 17.1 Å². The van der Waals surface area contributed by atoms with Crippen molar-refractivity contribution in [3.63, 3.8) is 0 Å². The molecule has 10 heteroatoms. The third kappa shape index (κ3) is 4.24. The minimum absolute atomic E-state index is 0.158. The fourth-order valence-electron chi connectivity index (χ4n) is 1.50. The van der Waals surface area contributed by atoms with Crippen LogP contribution in [0.2, 0.25) is 0 Å². The number of nitrogens with one attached hydrogen (secondary N) is 1. The highest BCUT2D eigenvalue weighted by atomic mass is 32.3. The minimum Gasteiger partial charge on any atom is -0.357 e. The molecule has 2 aromatic rings. The molecule has 0 saturated carbocycles. The van der Waals surface area contributed by atoms with E-state index in [1.165, 1.54) is 12.4 Å². The van der Waals surface area contributed by atoms with Crippen LogP contribution in [0.5, 0.6) is 5.75 Å². The number of pyridine rings is 1. The predicted molar refractivity (Wildman–Crippen MR) is 70.7 cm³/mol. The molecule has 0 spiro atoms. The zero-order valence-corrected chi connectivity index (χ0v) is 11.7.